The fraction of sp³-hybridized carbons (Fsp3) is 0.190. The lowest BCUT2D eigenvalue weighted by atomic mass is 10.1. The number of imidazole rings is 1. The number of amides is 1. The number of benzene rings is 2. The number of halogens is 1. The monoisotopic (exact) mass is 454 g/mol. The van der Waals surface area contributed by atoms with Gasteiger partial charge in [0, 0.05) is 35.5 Å². The zero-order valence-electron chi connectivity index (χ0n) is 15.4. The normalized spacial score (nSPS) is 11.1. The number of thiazole rings is 1. The summed E-state index contributed by atoms with van der Waals surface area (Å²) >= 11 is 5.04. The number of fused-ring (bicyclic) bond motifs is 1. The zero-order chi connectivity index (χ0) is 19.5. The number of carbonyl (C=O) groups excluding carboxylic acids is 1. The third kappa shape index (κ3) is 4.15. The fourth-order valence-corrected chi connectivity index (χ4v) is 4.51. The second kappa shape index (κ2) is 8.24. The van der Waals surface area contributed by atoms with Crippen LogP contribution in [0.3, 0.4) is 0 Å². The van der Waals surface area contributed by atoms with Crippen LogP contribution in [0.25, 0.3) is 10.2 Å². The van der Waals surface area contributed by atoms with E-state index in [1.165, 1.54) is 11.3 Å². The molecule has 1 amide bonds. The Morgan fingerprint density at radius 1 is 1.21 bits per heavy atom. The van der Waals surface area contributed by atoms with E-state index in [9.17, 15) is 4.79 Å². The number of carbonyl (C=O) groups is 1. The molecule has 0 atom stereocenters. The van der Waals surface area contributed by atoms with Crippen LogP contribution in [0.2, 0.25) is 0 Å². The summed E-state index contributed by atoms with van der Waals surface area (Å²) in [7, 11) is 0. The molecule has 0 aliphatic heterocycles. The number of anilines is 1. The third-order valence-corrected chi connectivity index (χ3v) is 6.01. The number of aryl methyl sites for hydroxylation is 2. The molecule has 0 aliphatic rings. The second-order valence-corrected chi connectivity index (χ2v) is 8.51. The Labute approximate surface area is 175 Å². The van der Waals surface area contributed by atoms with Gasteiger partial charge in [0.15, 0.2) is 5.13 Å². The topological polar surface area (TPSA) is 51.0 Å². The average Bonchev–Trinajstić information content (AvgIpc) is 3.34. The SMILES string of the molecule is Cc1ccc(C(=O)N(CCCn2ccnc2)c2nc3ccc(Br)cc3s2)cc1. The summed E-state index contributed by atoms with van der Waals surface area (Å²) in [6.45, 7) is 3.41. The summed E-state index contributed by atoms with van der Waals surface area (Å²) in [5, 5.41) is 0.726. The van der Waals surface area contributed by atoms with Crippen molar-refractivity contribution in [2.24, 2.45) is 0 Å². The van der Waals surface area contributed by atoms with Gasteiger partial charge in [0.25, 0.3) is 5.91 Å². The van der Waals surface area contributed by atoms with Crippen LogP contribution < -0.4 is 4.90 Å². The summed E-state index contributed by atoms with van der Waals surface area (Å²) in [4.78, 5) is 23.8. The van der Waals surface area contributed by atoms with Crippen molar-refractivity contribution >= 4 is 48.5 Å². The van der Waals surface area contributed by atoms with E-state index in [-0.39, 0.29) is 5.91 Å². The Balaban J connectivity index is 1.62. The van der Waals surface area contributed by atoms with E-state index in [1.807, 2.05) is 60.2 Å². The predicted octanol–water partition coefficient (Wildman–Crippen LogP) is 5.30. The Bertz CT molecular complexity index is 1090. The quantitative estimate of drug-likeness (QED) is 0.397. The molecule has 0 bridgehead atoms. The zero-order valence-corrected chi connectivity index (χ0v) is 17.8. The molecular weight excluding hydrogens is 436 g/mol. The van der Waals surface area contributed by atoms with Crippen molar-refractivity contribution in [3.63, 3.8) is 0 Å². The van der Waals surface area contributed by atoms with Gasteiger partial charge in [0.05, 0.1) is 16.5 Å². The lowest BCUT2D eigenvalue weighted by Crippen LogP contribution is -2.32. The molecule has 2 heterocycles. The van der Waals surface area contributed by atoms with E-state index < -0.39 is 0 Å². The van der Waals surface area contributed by atoms with Crippen molar-refractivity contribution in [2.75, 3.05) is 11.4 Å². The van der Waals surface area contributed by atoms with Crippen molar-refractivity contribution in [3.05, 3.63) is 76.8 Å². The Morgan fingerprint density at radius 2 is 2.04 bits per heavy atom. The van der Waals surface area contributed by atoms with Crippen LogP contribution >= 0.6 is 27.3 Å². The maximum Gasteiger partial charge on any atom is 0.260 e. The first-order chi connectivity index (χ1) is 13.6. The molecule has 4 rings (SSSR count). The third-order valence-electron chi connectivity index (χ3n) is 4.47. The highest BCUT2D eigenvalue weighted by atomic mass is 79.9. The summed E-state index contributed by atoms with van der Waals surface area (Å²) in [6, 6.07) is 13.7. The van der Waals surface area contributed by atoms with Crippen molar-refractivity contribution in [2.45, 2.75) is 19.9 Å². The largest absolute Gasteiger partial charge is 0.337 e. The van der Waals surface area contributed by atoms with Crippen LogP contribution in [0, 0.1) is 6.92 Å². The van der Waals surface area contributed by atoms with Gasteiger partial charge < -0.3 is 4.57 Å². The minimum absolute atomic E-state index is 0.0243. The first-order valence-electron chi connectivity index (χ1n) is 9.00. The molecule has 0 saturated carbocycles. The molecule has 28 heavy (non-hydrogen) atoms. The van der Waals surface area contributed by atoms with E-state index >= 15 is 0 Å². The highest BCUT2D eigenvalue weighted by Gasteiger charge is 2.21. The molecule has 0 aliphatic carbocycles. The molecule has 142 valence electrons. The standard InChI is InChI=1S/C21H19BrN4OS/c1-15-3-5-16(6-4-15)20(27)26(11-2-10-25-12-9-23-14-25)21-24-18-8-7-17(22)13-19(18)28-21/h3-9,12-14H,2,10-11H2,1H3. The smallest absolute Gasteiger partial charge is 0.260 e. The number of hydrogen-bond donors (Lipinski definition) is 0. The van der Waals surface area contributed by atoms with Crippen molar-refractivity contribution < 1.29 is 4.79 Å². The van der Waals surface area contributed by atoms with Crippen molar-refractivity contribution in [1.82, 2.24) is 14.5 Å². The molecule has 0 saturated heterocycles. The van der Waals surface area contributed by atoms with Gasteiger partial charge in [-0.05, 0) is 43.7 Å². The lowest BCUT2D eigenvalue weighted by Gasteiger charge is -2.20. The highest BCUT2D eigenvalue weighted by Crippen LogP contribution is 2.31. The van der Waals surface area contributed by atoms with Crippen LogP contribution in [0.5, 0.6) is 0 Å². The lowest BCUT2D eigenvalue weighted by molar-refractivity contribution is 0.0986. The summed E-state index contributed by atoms with van der Waals surface area (Å²) in [5.41, 5.74) is 2.71. The molecule has 0 fully saturated rings. The fourth-order valence-electron chi connectivity index (χ4n) is 2.97. The van der Waals surface area contributed by atoms with E-state index in [0.29, 0.717) is 12.1 Å². The first kappa shape index (κ1) is 18.8. The molecule has 0 radical (unpaired) electrons. The van der Waals surface area contributed by atoms with Crippen molar-refractivity contribution in [3.8, 4) is 0 Å². The van der Waals surface area contributed by atoms with Crippen LogP contribution in [-0.2, 0) is 6.54 Å². The highest BCUT2D eigenvalue weighted by molar-refractivity contribution is 9.10. The summed E-state index contributed by atoms with van der Waals surface area (Å²) in [6.07, 6.45) is 6.30. The number of rotatable bonds is 6. The van der Waals surface area contributed by atoms with Gasteiger partial charge in [-0.2, -0.15) is 0 Å². The van der Waals surface area contributed by atoms with Gasteiger partial charge in [0.2, 0.25) is 0 Å². The number of nitrogens with zero attached hydrogens (tertiary/aromatic N) is 4. The number of hydrogen-bond acceptors (Lipinski definition) is 4. The van der Waals surface area contributed by atoms with Crippen LogP contribution in [0.15, 0.2) is 65.7 Å². The minimum atomic E-state index is -0.0243. The molecule has 4 aromatic rings. The van der Waals surface area contributed by atoms with E-state index in [4.69, 9.17) is 4.98 Å². The Kier molecular flexibility index (Phi) is 5.54. The van der Waals surface area contributed by atoms with Gasteiger partial charge in [0.1, 0.15) is 0 Å². The molecule has 7 heteroatoms. The average molecular weight is 455 g/mol. The van der Waals surface area contributed by atoms with E-state index in [0.717, 1.165) is 38.3 Å². The van der Waals surface area contributed by atoms with Crippen LogP contribution in [0.4, 0.5) is 5.13 Å². The van der Waals surface area contributed by atoms with E-state index in [2.05, 4.69) is 20.9 Å². The Morgan fingerprint density at radius 3 is 2.79 bits per heavy atom. The maximum atomic E-state index is 13.3. The van der Waals surface area contributed by atoms with Gasteiger partial charge in [-0.1, -0.05) is 45.0 Å². The molecule has 2 aromatic carbocycles. The summed E-state index contributed by atoms with van der Waals surface area (Å²) in [5.74, 6) is -0.0243. The van der Waals surface area contributed by atoms with Crippen LogP contribution in [0.1, 0.15) is 22.3 Å². The molecular formula is C21H19BrN4OS. The Hall–Kier alpha value is -2.51. The minimum Gasteiger partial charge on any atom is -0.337 e. The molecule has 0 unspecified atom stereocenters. The van der Waals surface area contributed by atoms with Crippen LogP contribution in [-0.4, -0.2) is 27.0 Å². The summed E-state index contributed by atoms with van der Waals surface area (Å²) < 4.78 is 4.08. The number of aromatic nitrogens is 3. The molecule has 2 aromatic heterocycles. The van der Waals surface area contributed by atoms with Crippen molar-refractivity contribution in [1.29, 1.82) is 0 Å². The van der Waals surface area contributed by atoms with E-state index in [1.54, 1.807) is 17.4 Å². The maximum absolute atomic E-state index is 13.3. The first-order valence-corrected chi connectivity index (χ1v) is 10.6. The molecule has 0 spiro atoms. The molecule has 0 N–H and O–H groups in total. The van der Waals surface area contributed by atoms with Gasteiger partial charge in [-0.15, -0.1) is 0 Å². The van der Waals surface area contributed by atoms with Gasteiger partial charge in [-0.3, -0.25) is 9.69 Å². The second-order valence-electron chi connectivity index (χ2n) is 6.59. The van der Waals surface area contributed by atoms with Gasteiger partial charge in [-0.25, -0.2) is 9.97 Å². The van der Waals surface area contributed by atoms with Gasteiger partial charge >= 0.3 is 0 Å². The predicted molar refractivity (Wildman–Crippen MR) is 117 cm³/mol. The molecule has 5 nitrogen and oxygen atoms in total.